The zero-order chi connectivity index (χ0) is 8.43. The number of carbonyl (C=O) groups is 1. The Labute approximate surface area is 72.2 Å². The first-order valence-electron chi connectivity index (χ1n) is 3.13. The van der Waals surface area contributed by atoms with Gasteiger partial charge in [-0.25, -0.2) is 9.78 Å². The van der Waals surface area contributed by atoms with Gasteiger partial charge in [-0.05, 0) is 6.42 Å². The van der Waals surface area contributed by atoms with E-state index in [1.165, 1.54) is 9.79 Å². The van der Waals surface area contributed by atoms with E-state index in [0.717, 1.165) is 12.1 Å². The van der Waals surface area contributed by atoms with Gasteiger partial charge in [0.25, 0.3) is 0 Å². The van der Waals surface area contributed by atoms with E-state index >= 15 is 0 Å². The van der Waals surface area contributed by atoms with Gasteiger partial charge in [-0.1, -0.05) is 6.92 Å². The first-order chi connectivity index (χ1) is 5.16. The summed E-state index contributed by atoms with van der Waals surface area (Å²) < 4.78 is 1.40. The molecule has 0 aromatic carbocycles. The average Bonchev–Trinajstić information content (AvgIpc) is 2.30. The highest BCUT2D eigenvalue weighted by atomic mass is 79.9. The van der Waals surface area contributed by atoms with E-state index < -0.39 is 5.97 Å². The minimum atomic E-state index is -1.03. The van der Waals surface area contributed by atoms with Gasteiger partial charge in [0, 0.05) is 5.69 Å². The van der Waals surface area contributed by atoms with Gasteiger partial charge in [0.1, 0.15) is 0 Å². The number of aryl methyl sites for hydroxylation is 1. The number of aromatic carboxylic acids is 1. The molecule has 0 unspecified atom stereocenters. The molecular weight excluding hydrogens is 212 g/mol. The van der Waals surface area contributed by atoms with E-state index in [2.05, 4.69) is 21.1 Å². The second-order valence-corrected chi connectivity index (χ2v) is 2.72. The molecule has 0 saturated heterocycles. The molecule has 1 N–H and O–H groups in total. The second kappa shape index (κ2) is 3.04. The molecule has 0 radical (unpaired) electrons. The summed E-state index contributed by atoms with van der Waals surface area (Å²) in [7, 11) is 0. The molecule has 1 aromatic rings. The predicted octanol–water partition coefficient (Wildman–Crippen LogP) is 1.30. The van der Waals surface area contributed by atoms with Gasteiger partial charge >= 0.3 is 5.97 Å². The van der Waals surface area contributed by atoms with Gasteiger partial charge in [-0.2, -0.15) is 0 Å². The number of nitrogens with zero attached hydrogens (tertiary/aromatic N) is 2. The Morgan fingerprint density at radius 2 is 2.55 bits per heavy atom. The van der Waals surface area contributed by atoms with Crippen LogP contribution in [0.25, 0.3) is 0 Å². The number of carboxylic acid groups (broad SMARTS) is 1. The maximum absolute atomic E-state index is 10.4. The number of hydrogen-bond acceptors (Lipinski definition) is 2. The number of rotatable bonds is 2. The Hall–Kier alpha value is -0.840. The highest BCUT2D eigenvalue weighted by Gasteiger charge is 2.12. The van der Waals surface area contributed by atoms with Crippen molar-refractivity contribution in [3.05, 3.63) is 17.7 Å². The molecule has 0 bridgehead atoms. The quantitative estimate of drug-likeness (QED) is 0.815. The van der Waals surface area contributed by atoms with Crippen LogP contribution in [-0.4, -0.2) is 19.7 Å². The summed E-state index contributed by atoms with van der Waals surface area (Å²) in [5, 5.41) is 8.56. The van der Waals surface area contributed by atoms with Gasteiger partial charge in [0.15, 0.2) is 0 Å². The van der Waals surface area contributed by atoms with Crippen molar-refractivity contribution >= 4 is 22.1 Å². The van der Waals surface area contributed by atoms with Crippen LogP contribution in [0.3, 0.4) is 0 Å². The maximum atomic E-state index is 10.4. The van der Waals surface area contributed by atoms with E-state index in [9.17, 15) is 4.79 Å². The predicted molar refractivity (Wildman–Crippen MR) is 42.9 cm³/mol. The van der Waals surface area contributed by atoms with Crippen LogP contribution in [0.15, 0.2) is 6.20 Å². The number of hydrogen-bond donors (Lipinski definition) is 1. The van der Waals surface area contributed by atoms with Crippen molar-refractivity contribution in [2.45, 2.75) is 13.3 Å². The van der Waals surface area contributed by atoms with Crippen molar-refractivity contribution in [1.82, 2.24) is 8.58 Å². The number of imidazole rings is 1. The molecule has 11 heavy (non-hydrogen) atoms. The van der Waals surface area contributed by atoms with Crippen LogP contribution in [0.4, 0.5) is 0 Å². The lowest BCUT2D eigenvalue weighted by atomic mass is 10.4. The van der Waals surface area contributed by atoms with E-state index in [1.807, 2.05) is 6.92 Å². The Morgan fingerprint density at radius 3 is 2.82 bits per heavy atom. The Morgan fingerprint density at radius 1 is 1.91 bits per heavy atom. The summed E-state index contributed by atoms with van der Waals surface area (Å²) in [6.07, 6.45) is 2.30. The molecule has 1 rings (SSSR count). The van der Waals surface area contributed by atoms with Crippen LogP contribution >= 0.6 is 16.1 Å². The van der Waals surface area contributed by atoms with Crippen LogP contribution in [0.5, 0.6) is 0 Å². The minimum Gasteiger partial charge on any atom is -0.475 e. The molecule has 0 saturated carbocycles. The summed E-state index contributed by atoms with van der Waals surface area (Å²) in [6, 6.07) is 0. The molecule has 0 spiro atoms. The Kier molecular flexibility index (Phi) is 2.28. The van der Waals surface area contributed by atoms with E-state index in [1.54, 1.807) is 0 Å². The normalized spacial score (nSPS) is 10.0. The number of aromatic nitrogens is 2. The van der Waals surface area contributed by atoms with Crippen molar-refractivity contribution in [1.29, 1.82) is 0 Å². The summed E-state index contributed by atoms with van der Waals surface area (Å²) in [5.41, 5.74) is 0.849. The zero-order valence-corrected chi connectivity index (χ0v) is 7.50. The third-order valence-electron chi connectivity index (χ3n) is 1.33. The largest absolute Gasteiger partial charge is 0.475 e. The molecular formula is C6H7BrN2O2. The van der Waals surface area contributed by atoms with Crippen molar-refractivity contribution < 1.29 is 9.90 Å². The molecule has 60 valence electrons. The molecule has 0 aliphatic carbocycles. The lowest BCUT2D eigenvalue weighted by Crippen LogP contribution is -2.03. The van der Waals surface area contributed by atoms with Crippen molar-refractivity contribution in [2.24, 2.45) is 0 Å². The molecule has 0 atom stereocenters. The SMILES string of the molecule is CCc1cnc(C(=O)O)n1Br. The first kappa shape index (κ1) is 8.26. The molecule has 0 amide bonds. The maximum Gasteiger partial charge on any atom is 0.372 e. The third kappa shape index (κ3) is 1.42. The van der Waals surface area contributed by atoms with E-state index in [4.69, 9.17) is 5.11 Å². The standard InChI is InChI=1S/C6H7BrN2O2/c1-2-4-3-8-5(6(10)11)9(4)7/h3H,2H2,1H3,(H,10,11). The van der Waals surface area contributed by atoms with Gasteiger partial charge in [-0.3, -0.25) is 3.59 Å². The van der Waals surface area contributed by atoms with E-state index in [-0.39, 0.29) is 5.82 Å². The van der Waals surface area contributed by atoms with Crippen molar-refractivity contribution in [3.63, 3.8) is 0 Å². The lowest BCUT2D eigenvalue weighted by molar-refractivity contribution is 0.0683. The summed E-state index contributed by atoms with van der Waals surface area (Å²) in [4.78, 5) is 14.1. The Bertz CT molecular complexity index is 282. The Balaban J connectivity index is 3.10. The number of halogens is 1. The molecule has 0 aliphatic heterocycles. The minimum absolute atomic E-state index is 0.0156. The highest BCUT2D eigenvalue weighted by molar-refractivity contribution is 9.08. The average molecular weight is 219 g/mol. The fourth-order valence-electron chi connectivity index (χ4n) is 0.742. The summed E-state index contributed by atoms with van der Waals surface area (Å²) in [5.74, 6) is -1.01. The van der Waals surface area contributed by atoms with Crippen LogP contribution in [0.2, 0.25) is 0 Å². The monoisotopic (exact) mass is 218 g/mol. The van der Waals surface area contributed by atoms with Gasteiger partial charge in [0.2, 0.25) is 5.82 Å². The smallest absolute Gasteiger partial charge is 0.372 e. The van der Waals surface area contributed by atoms with Crippen molar-refractivity contribution in [2.75, 3.05) is 0 Å². The molecule has 1 aromatic heterocycles. The van der Waals surface area contributed by atoms with Crippen LogP contribution in [0.1, 0.15) is 23.2 Å². The van der Waals surface area contributed by atoms with Gasteiger partial charge in [-0.15, -0.1) is 0 Å². The fraction of sp³-hybridized carbons (Fsp3) is 0.333. The van der Waals surface area contributed by atoms with Crippen LogP contribution in [0, 0.1) is 0 Å². The molecule has 4 nitrogen and oxygen atoms in total. The summed E-state index contributed by atoms with van der Waals surface area (Å²) >= 11 is 3.09. The molecule has 0 aliphatic rings. The topological polar surface area (TPSA) is 55.1 Å². The zero-order valence-electron chi connectivity index (χ0n) is 5.91. The fourth-order valence-corrected chi connectivity index (χ4v) is 1.33. The number of carboxylic acids is 1. The van der Waals surface area contributed by atoms with Gasteiger partial charge in [0.05, 0.1) is 22.3 Å². The van der Waals surface area contributed by atoms with Crippen LogP contribution < -0.4 is 0 Å². The highest BCUT2D eigenvalue weighted by Crippen LogP contribution is 2.09. The second-order valence-electron chi connectivity index (χ2n) is 2.01. The van der Waals surface area contributed by atoms with Crippen LogP contribution in [-0.2, 0) is 6.42 Å². The molecule has 0 fully saturated rings. The summed E-state index contributed by atoms with van der Waals surface area (Å²) in [6.45, 7) is 1.93. The molecule has 1 heterocycles. The third-order valence-corrected chi connectivity index (χ3v) is 2.12. The van der Waals surface area contributed by atoms with Crippen molar-refractivity contribution in [3.8, 4) is 0 Å². The molecule has 5 heteroatoms. The van der Waals surface area contributed by atoms with Gasteiger partial charge < -0.3 is 5.11 Å². The lowest BCUT2D eigenvalue weighted by Gasteiger charge is -1.95. The first-order valence-corrected chi connectivity index (χ1v) is 3.83. The van der Waals surface area contributed by atoms with E-state index in [0.29, 0.717) is 0 Å².